The molecule has 0 radical (unpaired) electrons. The second-order valence-corrected chi connectivity index (χ2v) is 6.97. The molecule has 0 aliphatic carbocycles. The van der Waals surface area contributed by atoms with Crippen LogP contribution < -0.4 is 10.1 Å². The van der Waals surface area contributed by atoms with Crippen molar-refractivity contribution in [3.05, 3.63) is 66.5 Å². The smallest absolute Gasteiger partial charge is 0.230 e. The van der Waals surface area contributed by atoms with E-state index in [1.807, 2.05) is 62.4 Å². The summed E-state index contributed by atoms with van der Waals surface area (Å²) < 4.78 is 7.12. The highest BCUT2D eigenvalue weighted by Crippen LogP contribution is 2.22. The Bertz CT molecular complexity index is 849. The molecule has 6 nitrogen and oxygen atoms in total. The number of hydrogen-bond acceptors (Lipinski definition) is 5. The molecular formula is C20H22N4O2S. The first-order chi connectivity index (χ1) is 13.2. The number of carbonyl (C=O) groups excluding carboxylic acids is 1. The van der Waals surface area contributed by atoms with Crippen molar-refractivity contribution in [3.63, 3.8) is 0 Å². The summed E-state index contributed by atoms with van der Waals surface area (Å²) in [7, 11) is 0. The van der Waals surface area contributed by atoms with Crippen LogP contribution in [0.5, 0.6) is 5.75 Å². The van der Waals surface area contributed by atoms with E-state index < -0.39 is 0 Å². The van der Waals surface area contributed by atoms with E-state index in [2.05, 4.69) is 15.6 Å². The molecule has 7 heteroatoms. The average Bonchev–Trinajstić information content (AvgIpc) is 3.23. The van der Waals surface area contributed by atoms with Crippen LogP contribution in [0.15, 0.2) is 65.8 Å². The molecular weight excluding hydrogens is 360 g/mol. The number of hydrogen-bond donors (Lipinski definition) is 1. The van der Waals surface area contributed by atoms with Crippen molar-refractivity contribution < 1.29 is 9.53 Å². The highest BCUT2D eigenvalue weighted by molar-refractivity contribution is 8.00. The van der Waals surface area contributed by atoms with Crippen molar-refractivity contribution in [1.29, 1.82) is 0 Å². The van der Waals surface area contributed by atoms with Crippen LogP contribution in [0.4, 0.5) is 0 Å². The van der Waals surface area contributed by atoms with Crippen LogP contribution in [-0.4, -0.2) is 33.3 Å². The van der Waals surface area contributed by atoms with Gasteiger partial charge in [0.25, 0.3) is 0 Å². The van der Waals surface area contributed by atoms with Gasteiger partial charge >= 0.3 is 0 Å². The second-order valence-electron chi connectivity index (χ2n) is 5.92. The zero-order chi connectivity index (χ0) is 19.1. The molecule has 3 rings (SSSR count). The predicted molar refractivity (Wildman–Crippen MR) is 106 cm³/mol. The molecule has 1 N–H and O–H groups in total. The average molecular weight is 382 g/mol. The minimum absolute atomic E-state index is 0.00161. The molecule has 0 unspecified atom stereocenters. The first kappa shape index (κ1) is 19.0. The lowest BCUT2D eigenvalue weighted by atomic mass is 10.1. The minimum Gasteiger partial charge on any atom is -0.494 e. The van der Waals surface area contributed by atoms with Gasteiger partial charge in [0.1, 0.15) is 5.75 Å². The lowest BCUT2D eigenvalue weighted by Crippen LogP contribution is -2.28. The van der Waals surface area contributed by atoms with E-state index in [1.165, 1.54) is 11.8 Å². The summed E-state index contributed by atoms with van der Waals surface area (Å²) in [5, 5.41) is 10.8. The van der Waals surface area contributed by atoms with E-state index in [0.717, 1.165) is 21.9 Å². The first-order valence-electron chi connectivity index (χ1n) is 8.77. The highest BCUT2D eigenvalue weighted by Gasteiger charge is 2.10. The summed E-state index contributed by atoms with van der Waals surface area (Å²) in [4.78, 5) is 13.3. The number of nitrogens with zero attached hydrogens (tertiary/aromatic N) is 3. The van der Waals surface area contributed by atoms with Gasteiger partial charge in [-0.25, -0.2) is 4.68 Å². The largest absolute Gasteiger partial charge is 0.494 e. The quantitative estimate of drug-likeness (QED) is 0.603. The summed E-state index contributed by atoms with van der Waals surface area (Å²) in [5.41, 5.74) is 1.97. The summed E-state index contributed by atoms with van der Waals surface area (Å²) in [5.74, 6) is 1.21. The fourth-order valence-electron chi connectivity index (χ4n) is 2.58. The monoisotopic (exact) mass is 382 g/mol. The van der Waals surface area contributed by atoms with E-state index in [1.54, 1.807) is 17.1 Å². The van der Waals surface area contributed by atoms with Crippen molar-refractivity contribution >= 4 is 17.7 Å². The van der Waals surface area contributed by atoms with Gasteiger partial charge in [-0.2, -0.15) is 0 Å². The van der Waals surface area contributed by atoms with E-state index in [9.17, 15) is 4.79 Å². The number of amides is 1. The van der Waals surface area contributed by atoms with Crippen LogP contribution in [0, 0.1) is 0 Å². The van der Waals surface area contributed by atoms with E-state index in [4.69, 9.17) is 4.74 Å². The number of aromatic nitrogens is 3. The third kappa shape index (κ3) is 5.34. The van der Waals surface area contributed by atoms with Gasteiger partial charge in [0, 0.05) is 4.90 Å². The van der Waals surface area contributed by atoms with Crippen LogP contribution in [0.2, 0.25) is 0 Å². The summed E-state index contributed by atoms with van der Waals surface area (Å²) >= 11 is 1.51. The first-order valence-corrected chi connectivity index (χ1v) is 9.76. The van der Waals surface area contributed by atoms with Crippen LogP contribution in [-0.2, 0) is 4.79 Å². The number of thioether (sulfide) groups is 1. The van der Waals surface area contributed by atoms with E-state index >= 15 is 0 Å². The van der Waals surface area contributed by atoms with Gasteiger partial charge < -0.3 is 10.1 Å². The minimum atomic E-state index is -0.0665. The fourth-order valence-corrected chi connectivity index (χ4v) is 3.29. The molecule has 1 aromatic heterocycles. The number of rotatable bonds is 8. The Kier molecular flexibility index (Phi) is 6.49. The maximum absolute atomic E-state index is 12.2. The Morgan fingerprint density at radius 2 is 1.93 bits per heavy atom. The number of ether oxygens (including phenoxy) is 1. The van der Waals surface area contributed by atoms with Crippen LogP contribution >= 0.6 is 11.8 Å². The van der Waals surface area contributed by atoms with Gasteiger partial charge in [-0.05, 0) is 55.8 Å². The molecule has 0 saturated carbocycles. The molecule has 3 aromatic rings. The third-order valence-electron chi connectivity index (χ3n) is 3.96. The summed E-state index contributed by atoms with van der Waals surface area (Å²) in [6, 6.07) is 15.6. The molecule has 1 atom stereocenters. The van der Waals surface area contributed by atoms with E-state index in [0.29, 0.717) is 12.4 Å². The van der Waals surface area contributed by atoms with Crippen molar-refractivity contribution in [2.45, 2.75) is 24.8 Å². The van der Waals surface area contributed by atoms with Crippen molar-refractivity contribution in [3.8, 4) is 11.4 Å². The summed E-state index contributed by atoms with van der Waals surface area (Å²) in [6.45, 7) is 4.58. The van der Waals surface area contributed by atoms with Gasteiger partial charge in [-0.3, -0.25) is 4.79 Å². The molecule has 0 bridgehead atoms. The Hall–Kier alpha value is -2.80. The van der Waals surface area contributed by atoms with Gasteiger partial charge in [0.2, 0.25) is 5.91 Å². The molecule has 1 amide bonds. The molecule has 0 aliphatic rings. The van der Waals surface area contributed by atoms with Gasteiger partial charge in [-0.15, -0.1) is 16.9 Å². The Balaban J connectivity index is 1.49. The second kappa shape index (κ2) is 9.23. The zero-order valence-electron chi connectivity index (χ0n) is 15.3. The summed E-state index contributed by atoms with van der Waals surface area (Å²) in [6.07, 6.45) is 3.43. The van der Waals surface area contributed by atoms with Crippen molar-refractivity contribution in [1.82, 2.24) is 20.3 Å². The molecule has 0 saturated heterocycles. The van der Waals surface area contributed by atoms with Crippen LogP contribution in [0.3, 0.4) is 0 Å². The molecule has 0 aliphatic heterocycles. The maximum atomic E-state index is 12.2. The fraction of sp³-hybridized carbons (Fsp3) is 0.250. The molecule has 140 valence electrons. The maximum Gasteiger partial charge on any atom is 0.230 e. The van der Waals surface area contributed by atoms with Crippen molar-refractivity contribution in [2.75, 3.05) is 12.4 Å². The molecule has 2 aromatic carbocycles. The normalized spacial score (nSPS) is 11.8. The Labute approximate surface area is 162 Å². The Morgan fingerprint density at radius 3 is 2.56 bits per heavy atom. The SMILES string of the molecule is CCOc1ccc(SCC(=O)N[C@@H](C)c2ccc(-n3ccnn3)cc2)cc1. The lowest BCUT2D eigenvalue weighted by Gasteiger charge is -2.15. The number of nitrogens with one attached hydrogen (secondary N) is 1. The standard InChI is InChI=1S/C20H22N4O2S/c1-3-26-18-8-10-19(11-9-18)27-14-20(25)22-15(2)16-4-6-17(7-5-16)24-13-12-21-23-24/h4-13,15H,3,14H2,1-2H3,(H,22,25)/t15-/m0/s1. The molecule has 0 spiro atoms. The predicted octanol–water partition coefficient (Wildman–Crippen LogP) is 3.64. The zero-order valence-corrected chi connectivity index (χ0v) is 16.1. The molecule has 27 heavy (non-hydrogen) atoms. The van der Waals surface area contributed by atoms with E-state index in [-0.39, 0.29) is 11.9 Å². The van der Waals surface area contributed by atoms with Crippen molar-refractivity contribution in [2.24, 2.45) is 0 Å². The topological polar surface area (TPSA) is 69.0 Å². The number of benzene rings is 2. The third-order valence-corrected chi connectivity index (χ3v) is 4.97. The highest BCUT2D eigenvalue weighted by atomic mass is 32.2. The molecule has 0 fully saturated rings. The van der Waals surface area contributed by atoms with Crippen LogP contribution in [0.25, 0.3) is 5.69 Å². The van der Waals surface area contributed by atoms with Gasteiger partial charge in [-0.1, -0.05) is 17.3 Å². The van der Waals surface area contributed by atoms with Gasteiger partial charge in [0.15, 0.2) is 0 Å². The molecule has 1 heterocycles. The Morgan fingerprint density at radius 1 is 1.19 bits per heavy atom. The number of carbonyl (C=O) groups is 1. The van der Waals surface area contributed by atoms with Crippen LogP contribution in [0.1, 0.15) is 25.5 Å². The lowest BCUT2D eigenvalue weighted by molar-refractivity contribution is -0.119. The van der Waals surface area contributed by atoms with Gasteiger partial charge in [0.05, 0.1) is 36.5 Å².